The highest BCUT2D eigenvalue weighted by Crippen LogP contribution is 2.26. The molecule has 1 amide bonds. The molecule has 0 bridgehead atoms. The van der Waals surface area contributed by atoms with Crippen LogP contribution in [0.2, 0.25) is 0 Å². The third kappa shape index (κ3) is 4.46. The van der Waals surface area contributed by atoms with E-state index in [4.69, 9.17) is 0 Å². The summed E-state index contributed by atoms with van der Waals surface area (Å²) in [6.45, 7) is 9.19. The van der Waals surface area contributed by atoms with Crippen LogP contribution in [0.25, 0.3) is 0 Å². The van der Waals surface area contributed by atoms with Crippen molar-refractivity contribution in [2.75, 3.05) is 24.5 Å². The SMILES string of the molecule is CCCN(CCC)C(=O)c1cncc(N2CCCCC2CC)c1. The average molecular weight is 317 g/mol. The first-order valence-electron chi connectivity index (χ1n) is 9.22. The van der Waals surface area contributed by atoms with E-state index in [1.807, 2.05) is 17.2 Å². The third-order valence-electron chi connectivity index (χ3n) is 4.68. The molecule has 1 aromatic rings. The molecule has 128 valence electrons. The first kappa shape index (κ1) is 17.8. The zero-order valence-electron chi connectivity index (χ0n) is 14.9. The molecule has 1 saturated heterocycles. The average Bonchev–Trinajstić information content (AvgIpc) is 2.61. The molecule has 1 fully saturated rings. The lowest BCUT2D eigenvalue weighted by atomic mass is 9.99. The Balaban J connectivity index is 2.19. The molecule has 0 N–H and O–H groups in total. The highest BCUT2D eigenvalue weighted by Gasteiger charge is 2.23. The maximum Gasteiger partial charge on any atom is 0.255 e. The van der Waals surface area contributed by atoms with E-state index in [1.54, 1.807) is 6.20 Å². The van der Waals surface area contributed by atoms with Crippen LogP contribution in [0.5, 0.6) is 0 Å². The number of aromatic nitrogens is 1. The number of anilines is 1. The monoisotopic (exact) mass is 317 g/mol. The van der Waals surface area contributed by atoms with Crippen molar-refractivity contribution < 1.29 is 4.79 Å². The number of piperidine rings is 1. The molecule has 2 heterocycles. The van der Waals surface area contributed by atoms with E-state index in [9.17, 15) is 4.79 Å². The van der Waals surface area contributed by atoms with Crippen molar-refractivity contribution in [3.05, 3.63) is 24.0 Å². The van der Waals surface area contributed by atoms with E-state index in [0.717, 1.165) is 50.1 Å². The smallest absolute Gasteiger partial charge is 0.255 e. The molecular weight excluding hydrogens is 286 g/mol. The molecule has 1 aromatic heterocycles. The fraction of sp³-hybridized carbons (Fsp3) is 0.684. The summed E-state index contributed by atoms with van der Waals surface area (Å²) in [5, 5.41) is 0. The summed E-state index contributed by atoms with van der Waals surface area (Å²) in [6.07, 6.45) is 10.5. The first-order chi connectivity index (χ1) is 11.2. The Morgan fingerprint density at radius 2 is 1.96 bits per heavy atom. The lowest BCUT2D eigenvalue weighted by molar-refractivity contribution is 0.0755. The second-order valence-corrected chi connectivity index (χ2v) is 6.48. The van der Waals surface area contributed by atoms with Crippen LogP contribution in [0.3, 0.4) is 0 Å². The summed E-state index contributed by atoms with van der Waals surface area (Å²) < 4.78 is 0. The summed E-state index contributed by atoms with van der Waals surface area (Å²) in [6, 6.07) is 2.63. The molecule has 2 rings (SSSR count). The molecule has 0 aromatic carbocycles. The van der Waals surface area contributed by atoms with Gasteiger partial charge in [0.1, 0.15) is 0 Å². The minimum atomic E-state index is 0.119. The van der Waals surface area contributed by atoms with Gasteiger partial charge in [-0.1, -0.05) is 20.8 Å². The highest BCUT2D eigenvalue weighted by atomic mass is 16.2. The number of hydrogen-bond donors (Lipinski definition) is 0. The van der Waals surface area contributed by atoms with Gasteiger partial charge in [-0.3, -0.25) is 9.78 Å². The van der Waals surface area contributed by atoms with Crippen molar-refractivity contribution in [3.63, 3.8) is 0 Å². The van der Waals surface area contributed by atoms with Crippen molar-refractivity contribution in [3.8, 4) is 0 Å². The molecule has 1 aliphatic rings. The molecule has 0 aliphatic carbocycles. The molecule has 0 saturated carbocycles. The second kappa shape index (κ2) is 8.90. The summed E-state index contributed by atoms with van der Waals surface area (Å²) in [5.74, 6) is 0.119. The van der Waals surface area contributed by atoms with Crippen molar-refractivity contribution in [2.45, 2.75) is 65.3 Å². The zero-order chi connectivity index (χ0) is 16.7. The molecular formula is C19H31N3O. The van der Waals surface area contributed by atoms with Crippen LogP contribution in [-0.4, -0.2) is 41.5 Å². The molecule has 0 radical (unpaired) electrons. The van der Waals surface area contributed by atoms with Crippen molar-refractivity contribution >= 4 is 11.6 Å². The highest BCUT2D eigenvalue weighted by molar-refractivity contribution is 5.94. The van der Waals surface area contributed by atoms with Crippen molar-refractivity contribution in [1.29, 1.82) is 0 Å². The minimum Gasteiger partial charge on any atom is -0.367 e. The van der Waals surface area contributed by atoms with Gasteiger partial charge < -0.3 is 9.80 Å². The number of carbonyl (C=O) groups excluding carboxylic acids is 1. The summed E-state index contributed by atoms with van der Waals surface area (Å²) in [7, 11) is 0. The summed E-state index contributed by atoms with van der Waals surface area (Å²) >= 11 is 0. The largest absolute Gasteiger partial charge is 0.367 e. The third-order valence-corrected chi connectivity index (χ3v) is 4.68. The standard InChI is InChI=1S/C19H31N3O/c1-4-10-21(11-5-2)19(23)16-13-18(15-20-14-16)22-12-8-7-9-17(22)6-3/h13-15,17H,4-12H2,1-3H3. The predicted octanol–water partition coefficient (Wildman–Crippen LogP) is 4.11. The molecule has 23 heavy (non-hydrogen) atoms. The second-order valence-electron chi connectivity index (χ2n) is 6.48. The van der Waals surface area contributed by atoms with Crippen LogP contribution in [-0.2, 0) is 0 Å². The lowest BCUT2D eigenvalue weighted by Crippen LogP contribution is -2.39. The number of rotatable bonds is 7. The quantitative estimate of drug-likeness (QED) is 0.759. The van der Waals surface area contributed by atoms with E-state index >= 15 is 0 Å². The van der Waals surface area contributed by atoms with Gasteiger partial charge in [-0.15, -0.1) is 0 Å². The Bertz CT molecular complexity index is 497. The van der Waals surface area contributed by atoms with Crippen LogP contribution < -0.4 is 4.90 Å². The molecule has 1 unspecified atom stereocenters. The Morgan fingerprint density at radius 1 is 1.22 bits per heavy atom. The zero-order valence-corrected chi connectivity index (χ0v) is 14.9. The van der Waals surface area contributed by atoms with Crippen LogP contribution in [0.1, 0.15) is 69.7 Å². The van der Waals surface area contributed by atoms with Gasteiger partial charge in [-0.05, 0) is 44.6 Å². The summed E-state index contributed by atoms with van der Waals surface area (Å²) in [4.78, 5) is 21.5. The van der Waals surface area contributed by atoms with Crippen molar-refractivity contribution in [2.24, 2.45) is 0 Å². The van der Waals surface area contributed by atoms with Gasteiger partial charge in [0.25, 0.3) is 5.91 Å². The maximum atomic E-state index is 12.8. The Morgan fingerprint density at radius 3 is 2.61 bits per heavy atom. The number of carbonyl (C=O) groups is 1. The van der Waals surface area contributed by atoms with Crippen LogP contribution in [0.15, 0.2) is 18.5 Å². The maximum absolute atomic E-state index is 12.8. The molecule has 4 nitrogen and oxygen atoms in total. The number of hydrogen-bond acceptors (Lipinski definition) is 3. The topological polar surface area (TPSA) is 36.4 Å². The van der Waals surface area contributed by atoms with Crippen LogP contribution in [0, 0.1) is 0 Å². The van der Waals surface area contributed by atoms with E-state index in [1.165, 1.54) is 19.3 Å². The Kier molecular flexibility index (Phi) is 6.87. The van der Waals surface area contributed by atoms with E-state index in [2.05, 4.69) is 30.7 Å². The number of pyridine rings is 1. The van der Waals surface area contributed by atoms with E-state index < -0.39 is 0 Å². The van der Waals surface area contributed by atoms with Gasteiger partial charge in [0.15, 0.2) is 0 Å². The molecule has 1 aliphatic heterocycles. The van der Waals surface area contributed by atoms with Gasteiger partial charge >= 0.3 is 0 Å². The van der Waals surface area contributed by atoms with Gasteiger partial charge in [0.2, 0.25) is 0 Å². The van der Waals surface area contributed by atoms with Crippen LogP contribution >= 0.6 is 0 Å². The Labute approximate surface area is 140 Å². The predicted molar refractivity (Wildman–Crippen MR) is 96.0 cm³/mol. The molecule has 4 heteroatoms. The minimum absolute atomic E-state index is 0.119. The van der Waals surface area contributed by atoms with Crippen molar-refractivity contribution in [1.82, 2.24) is 9.88 Å². The number of amides is 1. The summed E-state index contributed by atoms with van der Waals surface area (Å²) in [5.41, 5.74) is 1.83. The lowest BCUT2D eigenvalue weighted by Gasteiger charge is -2.37. The van der Waals surface area contributed by atoms with Gasteiger partial charge in [0, 0.05) is 31.9 Å². The van der Waals surface area contributed by atoms with E-state index in [-0.39, 0.29) is 5.91 Å². The van der Waals surface area contributed by atoms with Gasteiger partial charge in [-0.25, -0.2) is 0 Å². The van der Waals surface area contributed by atoms with Gasteiger partial charge in [-0.2, -0.15) is 0 Å². The fourth-order valence-electron chi connectivity index (χ4n) is 3.50. The fourth-order valence-corrected chi connectivity index (χ4v) is 3.50. The molecule has 0 spiro atoms. The molecule has 1 atom stereocenters. The first-order valence-corrected chi connectivity index (χ1v) is 9.22. The van der Waals surface area contributed by atoms with Gasteiger partial charge in [0.05, 0.1) is 17.4 Å². The van der Waals surface area contributed by atoms with E-state index in [0.29, 0.717) is 6.04 Å². The Hall–Kier alpha value is -1.58. The number of nitrogens with zero attached hydrogens (tertiary/aromatic N) is 3. The normalized spacial score (nSPS) is 18.0. The van der Waals surface area contributed by atoms with Crippen LogP contribution in [0.4, 0.5) is 5.69 Å².